The normalized spacial score (nSPS) is 10.8. The summed E-state index contributed by atoms with van der Waals surface area (Å²) in [7, 11) is 1.54. The number of anilines is 10. The van der Waals surface area contributed by atoms with E-state index in [-0.39, 0.29) is 24.8 Å². The van der Waals surface area contributed by atoms with Crippen LogP contribution in [0.4, 0.5) is 88.9 Å². The summed E-state index contributed by atoms with van der Waals surface area (Å²) in [6.07, 6.45) is 12.7. The highest BCUT2D eigenvalue weighted by atomic mass is 32.1. The number of thiazole rings is 5. The molecule has 10 aromatic carbocycles. The SMILES string of the molecule is COc1ccc(Nc2nccc(-c3nccs3)n2)cc1Oc1cccc(F)c1.Cc1ccc(-c2cccc(Nc3nccc(-c4nccs4)n3)c2)cc1C.FC(F)(F)c1cccc(COc2cccc(Nc3nccc(-c4nccs4)n3)c2)c1.Fc1cc(F)cc(COc2cccc(Nc3nccc(-c4nccs4)n3)c2)c1.Fc1ccc(-c2cccc(Nc3nccc(-c4nccs4)n3)c2)cc1. The second-order valence-corrected chi connectivity index (χ2v) is 33.6. The Morgan fingerprint density at radius 3 is 1.07 bits per heavy atom. The Bertz CT molecular complexity index is 7330. The number of nitrogens with one attached hydrogen (secondary N) is 5. The Kier molecular flexibility index (Phi) is 31.3. The smallest absolute Gasteiger partial charge is 0.416 e. The van der Waals surface area contributed by atoms with Gasteiger partial charge in [-0.2, -0.15) is 13.2 Å². The zero-order valence-corrected chi connectivity index (χ0v) is 76.4. The largest absolute Gasteiger partial charge is 0.493 e. The highest BCUT2D eigenvalue weighted by Gasteiger charge is 2.30. The molecule has 0 amide bonds. The van der Waals surface area contributed by atoms with Crippen molar-refractivity contribution in [2.45, 2.75) is 33.2 Å². The average molecular weight is 1930 g/mol. The summed E-state index contributed by atoms with van der Waals surface area (Å²) in [4.78, 5) is 65.0. The molecule has 0 bridgehead atoms. The number of methoxy groups -OCH3 is 1. The van der Waals surface area contributed by atoms with Crippen LogP contribution in [-0.2, 0) is 19.4 Å². The van der Waals surface area contributed by atoms with Crippen molar-refractivity contribution in [3.8, 4) is 105 Å². The van der Waals surface area contributed by atoms with Crippen LogP contribution in [-0.4, -0.2) is 81.9 Å². The minimum atomic E-state index is -4.38. The van der Waals surface area contributed by atoms with Crippen molar-refractivity contribution < 1.29 is 49.7 Å². The molecule has 10 aromatic heterocycles. The van der Waals surface area contributed by atoms with Crippen LogP contribution in [0.15, 0.2) is 344 Å². The summed E-state index contributed by atoms with van der Waals surface area (Å²) in [6, 6.07) is 71.9. The van der Waals surface area contributed by atoms with Crippen LogP contribution < -0.4 is 45.5 Å². The van der Waals surface area contributed by atoms with Crippen molar-refractivity contribution in [1.82, 2.24) is 74.8 Å². The summed E-state index contributed by atoms with van der Waals surface area (Å²) >= 11 is 7.58. The van der Waals surface area contributed by atoms with Gasteiger partial charge in [-0.3, -0.25) is 0 Å². The summed E-state index contributed by atoms with van der Waals surface area (Å²) in [5.41, 5.74) is 14.7. The number of nitrogens with zero attached hydrogens (tertiary/aromatic N) is 15. The van der Waals surface area contributed by atoms with Crippen molar-refractivity contribution in [3.05, 3.63) is 395 Å². The Morgan fingerprint density at radius 2 is 0.664 bits per heavy atom. The fraction of sp³-hybridized carbons (Fsp3) is 0.0594. The Labute approximate surface area is 800 Å². The summed E-state index contributed by atoms with van der Waals surface area (Å²) < 4.78 is 114. The maximum absolute atomic E-state index is 13.4. The quantitative estimate of drug-likeness (QED) is 0.0315. The number of ether oxygens (including phenoxy) is 4. The van der Waals surface area contributed by atoms with Crippen molar-refractivity contribution in [1.29, 1.82) is 0 Å². The number of aryl methyl sites for hydroxylation is 2. The molecule has 0 saturated carbocycles. The molecule has 5 N–H and O–H groups in total. The number of hydrogen-bond donors (Lipinski definition) is 5. The van der Waals surface area contributed by atoms with E-state index in [4.69, 9.17) is 18.9 Å². The maximum Gasteiger partial charge on any atom is 0.416 e. The number of aromatic nitrogens is 15. The predicted octanol–water partition coefficient (Wildman–Crippen LogP) is 27.2. The fourth-order valence-corrected chi connectivity index (χ4v) is 15.9. The van der Waals surface area contributed by atoms with Gasteiger partial charge in [-0.25, -0.2) is 92.3 Å². The molecule has 137 heavy (non-hydrogen) atoms. The number of benzene rings is 10. The van der Waals surface area contributed by atoms with Gasteiger partial charge in [0.1, 0.15) is 107 Å². The van der Waals surface area contributed by atoms with Crippen molar-refractivity contribution in [3.63, 3.8) is 0 Å². The molecule has 0 unspecified atom stereocenters. The third-order valence-electron chi connectivity index (χ3n) is 19.4. The van der Waals surface area contributed by atoms with Crippen LogP contribution in [0.3, 0.4) is 0 Å². The van der Waals surface area contributed by atoms with Gasteiger partial charge in [-0.05, 0) is 198 Å². The highest BCUT2D eigenvalue weighted by Crippen LogP contribution is 2.38. The number of halogens is 7. The van der Waals surface area contributed by atoms with Gasteiger partial charge in [0.25, 0.3) is 0 Å². The summed E-state index contributed by atoms with van der Waals surface area (Å²) in [6.45, 7) is 4.33. The van der Waals surface area contributed by atoms with Gasteiger partial charge in [0, 0.05) is 148 Å². The first-order valence-electron chi connectivity index (χ1n) is 41.5. The van der Waals surface area contributed by atoms with Gasteiger partial charge >= 0.3 is 6.18 Å². The van der Waals surface area contributed by atoms with Gasteiger partial charge in [0.2, 0.25) is 29.7 Å². The van der Waals surface area contributed by atoms with E-state index < -0.39 is 23.4 Å². The van der Waals surface area contributed by atoms with E-state index in [0.29, 0.717) is 86.7 Å². The molecule has 10 heterocycles. The van der Waals surface area contributed by atoms with E-state index in [1.807, 2.05) is 93.6 Å². The standard InChI is InChI=1S/C21H15F3N4OS.C21H18N4S.C20H14F2N4OS.C20H15FN4O2S.C19H13FN4S/c22-21(23,24)15-4-1-3-14(11-15)13-29-17-6-2-5-16(12-17)27-20-26-8-7-18(28-20)19-25-9-10-30-19;1-14-6-7-17(12-15(14)2)16-4-3-5-18(13-16)24-21-23-9-8-19(25-21)20-22-10-11-26-20;21-14-8-13(9-15(22)10-14)12-27-17-3-1-2-16(11-17)25-20-24-5-4-18(26-20)19-23-6-7-28-19;1-26-17-6-5-14(12-18(17)27-15-4-2-3-13(21)11-15)24-20-23-8-7-16(25-20)19-22-9-10-28-19;20-15-6-4-13(5-7-15)14-2-1-3-16(12-14)23-19-22-9-8-17(24-19)18-21-10-11-25-18/h1-12H,13H2,(H,26,27,28);3-13H,1-2H3,(H,23,24,25);1-11H,12H2,(H,24,25,26);2-12H,1H3,(H,23,24,25);1-12H,(H,22,23,24). The van der Waals surface area contributed by atoms with Crippen LogP contribution in [0.1, 0.15) is 27.8 Å². The van der Waals surface area contributed by atoms with Gasteiger partial charge < -0.3 is 45.5 Å². The van der Waals surface area contributed by atoms with Gasteiger partial charge in [-0.1, -0.05) is 84.9 Å². The molecule has 0 aliphatic rings. The Balaban J connectivity index is 0.000000124. The summed E-state index contributed by atoms with van der Waals surface area (Å²) in [5.74, 6) is 2.82. The average Bonchev–Trinajstić information content (AvgIpc) is 1.54. The van der Waals surface area contributed by atoms with Crippen molar-refractivity contribution >= 4 is 115 Å². The lowest BCUT2D eigenvalue weighted by Gasteiger charge is -2.13. The third kappa shape index (κ3) is 27.1. The lowest BCUT2D eigenvalue weighted by Crippen LogP contribution is -2.06. The molecular weight excluding hydrogens is 1850 g/mol. The zero-order chi connectivity index (χ0) is 94.7. The second-order valence-electron chi connectivity index (χ2n) is 29.1. The molecule has 24 nitrogen and oxygen atoms in total. The molecule has 682 valence electrons. The van der Waals surface area contributed by atoms with E-state index in [1.54, 1.807) is 177 Å². The van der Waals surface area contributed by atoms with E-state index in [1.165, 1.54) is 105 Å². The topological polar surface area (TPSA) is 290 Å². The maximum atomic E-state index is 13.4. The number of hydrogen-bond acceptors (Lipinski definition) is 29. The van der Waals surface area contributed by atoms with Crippen LogP contribution in [0.25, 0.3) is 75.8 Å². The van der Waals surface area contributed by atoms with Crippen molar-refractivity contribution in [2.24, 2.45) is 0 Å². The van der Waals surface area contributed by atoms with E-state index in [9.17, 15) is 30.7 Å². The first-order valence-corrected chi connectivity index (χ1v) is 45.9. The Morgan fingerprint density at radius 1 is 0.285 bits per heavy atom. The van der Waals surface area contributed by atoms with Crippen LogP contribution in [0.5, 0.6) is 28.7 Å². The van der Waals surface area contributed by atoms with Crippen LogP contribution in [0.2, 0.25) is 0 Å². The van der Waals surface area contributed by atoms with Gasteiger partial charge in [0.05, 0.1) is 12.7 Å². The predicted molar refractivity (Wildman–Crippen MR) is 524 cm³/mol. The molecule has 0 aliphatic heterocycles. The van der Waals surface area contributed by atoms with Crippen LogP contribution in [0, 0.1) is 37.1 Å². The first kappa shape index (κ1) is 93.7. The van der Waals surface area contributed by atoms with E-state index in [0.717, 1.165) is 99.8 Å². The van der Waals surface area contributed by atoms with Gasteiger partial charge in [-0.15, -0.1) is 56.7 Å². The van der Waals surface area contributed by atoms with E-state index >= 15 is 0 Å². The molecule has 0 fully saturated rings. The molecular formula is C101H75F7N20O4S5. The lowest BCUT2D eigenvalue weighted by molar-refractivity contribution is -0.137. The summed E-state index contributed by atoms with van der Waals surface area (Å²) in [5, 5.41) is 29.5. The molecule has 0 radical (unpaired) electrons. The number of alkyl halides is 3. The molecule has 0 saturated heterocycles. The molecule has 20 aromatic rings. The van der Waals surface area contributed by atoms with E-state index in [2.05, 4.69) is 146 Å². The molecule has 0 aliphatic carbocycles. The second kappa shape index (κ2) is 45.7. The molecule has 0 atom stereocenters. The zero-order valence-electron chi connectivity index (χ0n) is 72.4. The first-order chi connectivity index (χ1) is 66.8. The molecule has 20 rings (SSSR count). The van der Waals surface area contributed by atoms with Crippen LogP contribution >= 0.6 is 56.7 Å². The minimum absolute atomic E-state index is 0.0173. The monoisotopic (exact) mass is 1920 g/mol. The van der Waals surface area contributed by atoms with Gasteiger partial charge in [0.15, 0.2) is 11.5 Å². The highest BCUT2D eigenvalue weighted by molar-refractivity contribution is 7.14. The Hall–Kier alpha value is -16.5. The third-order valence-corrected chi connectivity index (χ3v) is 23.4. The fourth-order valence-electron chi connectivity index (χ4n) is 12.9. The lowest BCUT2D eigenvalue weighted by atomic mass is 10.0. The molecule has 0 spiro atoms. The minimum Gasteiger partial charge on any atom is -0.493 e. The number of rotatable bonds is 26. The molecule has 36 heteroatoms. The van der Waals surface area contributed by atoms with Crippen molar-refractivity contribution in [2.75, 3.05) is 33.7 Å².